The summed E-state index contributed by atoms with van der Waals surface area (Å²) < 4.78 is 53.1. The van der Waals surface area contributed by atoms with E-state index in [0.717, 1.165) is 6.07 Å². The van der Waals surface area contributed by atoms with Gasteiger partial charge in [0.2, 0.25) is 0 Å². The van der Waals surface area contributed by atoms with Gasteiger partial charge in [0.1, 0.15) is 0 Å². The van der Waals surface area contributed by atoms with Gasteiger partial charge in [-0.3, -0.25) is 4.79 Å². The summed E-state index contributed by atoms with van der Waals surface area (Å²) in [6, 6.07) is 6.33. The molecule has 1 unspecified atom stereocenters. The van der Waals surface area contributed by atoms with Crippen LogP contribution in [-0.4, -0.2) is 37.6 Å². The predicted molar refractivity (Wildman–Crippen MR) is 117 cm³/mol. The molecule has 1 aliphatic carbocycles. The Morgan fingerprint density at radius 2 is 1.79 bits per heavy atom. The van der Waals surface area contributed by atoms with Gasteiger partial charge in [0, 0.05) is 54.8 Å². The average Bonchev–Trinajstić information content (AvgIpc) is 2.91. The number of fused-ring (bicyclic) bond motifs is 1. The van der Waals surface area contributed by atoms with Crippen LogP contribution < -0.4 is 4.90 Å². The van der Waals surface area contributed by atoms with Crippen LogP contribution in [0.4, 0.5) is 18.9 Å². The van der Waals surface area contributed by atoms with Crippen molar-refractivity contribution in [2.75, 3.05) is 25.7 Å². The number of anilines is 1. The summed E-state index contributed by atoms with van der Waals surface area (Å²) in [4.78, 5) is 14.9. The highest BCUT2D eigenvalue weighted by molar-refractivity contribution is 6.35. The molecule has 0 aromatic heterocycles. The first-order valence-electron chi connectivity index (χ1n) is 10.2. The zero-order chi connectivity index (χ0) is 24.3. The third-order valence-corrected chi connectivity index (χ3v) is 7.03. The van der Waals surface area contributed by atoms with Crippen LogP contribution in [0.1, 0.15) is 35.1 Å². The number of ether oxygens (including phenoxy) is 2. The van der Waals surface area contributed by atoms with E-state index in [2.05, 4.69) is 0 Å². The van der Waals surface area contributed by atoms with E-state index in [9.17, 15) is 23.1 Å². The summed E-state index contributed by atoms with van der Waals surface area (Å²) in [6.45, 7) is 1.60. The molecule has 1 amide bonds. The summed E-state index contributed by atoms with van der Waals surface area (Å²) in [6.07, 6.45) is -3.90. The maximum absolute atomic E-state index is 14.1. The number of aliphatic hydroxyl groups is 1. The van der Waals surface area contributed by atoms with Crippen LogP contribution in [0.2, 0.25) is 10.0 Å². The second kappa shape index (κ2) is 8.13. The van der Waals surface area contributed by atoms with E-state index >= 15 is 0 Å². The Morgan fingerprint density at radius 1 is 1.15 bits per heavy atom. The minimum atomic E-state index is -4.81. The molecule has 1 heterocycles. The van der Waals surface area contributed by atoms with Crippen molar-refractivity contribution in [2.45, 2.75) is 37.3 Å². The largest absolute Gasteiger partial charge is 0.416 e. The summed E-state index contributed by atoms with van der Waals surface area (Å²) in [5.74, 6) is -1.78. The lowest BCUT2D eigenvalue weighted by molar-refractivity contribution is -0.268. The van der Waals surface area contributed by atoms with Crippen molar-refractivity contribution in [3.05, 3.63) is 62.6 Å². The van der Waals surface area contributed by atoms with Gasteiger partial charge in [-0.1, -0.05) is 29.3 Å². The Balaban J connectivity index is 1.87. The van der Waals surface area contributed by atoms with Gasteiger partial charge in [-0.15, -0.1) is 0 Å². The molecule has 1 saturated carbocycles. The molecule has 1 fully saturated rings. The van der Waals surface area contributed by atoms with Crippen LogP contribution in [0, 0.1) is 12.8 Å². The van der Waals surface area contributed by atoms with E-state index < -0.39 is 34.6 Å². The summed E-state index contributed by atoms with van der Waals surface area (Å²) in [5, 5.41) is 11.8. The van der Waals surface area contributed by atoms with E-state index in [-0.39, 0.29) is 33.8 Å². The lowest BCUT2D eigenvalue weighted by Gasteiger charge is -2.46. The number of benzene rings is 2. The van der Waals surface area contributed by atoms with Gasteiger partial charge in [0.05, 0.1) is 11.3 Å². The van der Waals surface area contributed by atoms with Gasteiger partial charge >= 0.3 is 6.18 Å². The lowest BCUT2D eigenvalue weighted by atomic mass is 9.78. The monoisotopic (exact) mass is 503 g/mol. The van der Waals surface area contributed by atoms with Crippen molar-refractivity contribution >= 4 is 34.8 Å². The van der Waals surface area contributed by atoms with E-state index in [1.54, 1.807) is 0 Å². The molecule has 0 spiro atoms. The van der Waals surface area contributed by atoms with Crippen LogP contribution in [0.5, 0.6) is 0 Å². The number of hydrogen-bond donors (Lipinski definition) is 1. The fourth-order valence-corrected chi connectivity index (χ4v) is 5.38. The summed E-state index contributed by atoms with van der Waals surface area (Å²) >= 11 is 12.2. The van der Waals surface area contributed by atoms with Crippen LogP contribution in [0.25, 0.3) is 0 Å². The minimum absolute atomic E-state index is 0.00757. The van der Waals surface area contributed by atoms with Crippen LogP contribution in [0.15, 0.2) is 30.3 Å². The molecule has 2 aliphatic rings. The lowest BCUT2D eigenvalue weighted by Crippen LogP contribution is -2.52. The highest BCUT2D eigenvalue weighted by atomic mass is 35.5. The van der Waals surface area contributed by atoms with Crippen LogP contribution in [0.3, 0.4) is 0 Å². The second-order valence-electron chi connectivity index (χ2n) is 8.55. The van der Waals surface area contributed by atoms with Gasteiger partial charge in [0.15, 0.2) is 11.4 Å². The topological polar surface area (TPSA) is 59.0 Å². The molecule has 33 heavy (non-hydrogen) atoms. The summed E-state index contributed by atoms with van der Waals surface area (Å²) in [7, 11) is 3.02. The molecule has 1 N–H and O–H groups in total. The number of halogens is 5. The Labute approximate surface area is 199 Å². The van der Waals surface area contributed by atoms with E-state index in [0.29, 0.717) is 18.4 Å². The number of alkyl halides is 3. The number of rotatable bonds is 5. The maximum Gasteiger partial charge on any atom is 0.416 e. The number of nitrogens with zero attached hydrogens (tertiary/aromatic N) is 1. The van der Waals surface area contributed by atoms with E-state index in [4.69, 9.17) is 32.7 Å². The molecule has 1 atom stereocenters. The van der Waals surface area contributed by atoms with Crippen molar-refractivity contribution < 1.29 is 32.5 Å². The molecule has 1 aliphatic heterocycles. The number of carbonyl (C=O) groups is 1. The second-order valence-corrected chi connectivity index (χ2v) is 9.39. The van der Waals surface area contributed by atoms with Crippen LogP contribution >= 0.6 is 23.2 Å². The molecule has 178 valence electrons. The smallest absolute Gasteiger partial charge is 0.372 e. The number of hydrogen-bond acceptors (Lipinski definition) is 4. The first-order chi connectivity index (χ1) is 15.4. The molecule has 0 bridgehead atoms. The van der Waals surface area contributed by atoms with E-state index in [1.807, 2.05) is 0 Å². The van der Waals surface area contributed by atoms with Crippen molar-refractivity contribution in [3.63, 3.8) is 0 Å². The molecule has 5 nitrogen and oxygen atoms in total. The highest BCUT2D eigenvalue weighted by Crippen LogP contribution is 2.53. The van der Waals surface area contributed by atoms with Gasteiger partial charge in [-0.2, -0.15) is 13.2 Å². The molecular weight excluding hydrogens is 482 g/mol. The van der Waals surface area contributed by atoms with Gasteiger partial charge in [-0.25, -0.2) is 0 Å². The number of aryl methyl sites for hydroxylation is 1. The van der Waals surface area contributed by atoms with Crippen molar-refractivity contribution in [1.29, 1.82) is 0 Å². The molecule has 0 radical (unpaired) electrons. The third kappa shape index (κ3) is 3.82. The quantitative estimate of drug-likeness (QED) is 0.562. The molecule has 10 heteroatoms. The first kappa shape index (κ1) is 24.3. The molecule has 2 aromatic carbocycles. The van der Waals surface area contributed by atoms with Crippen molar-refractivity contribution in [3.8, 4) is 0 Å². The number of methoxy groups -OCH3 is 2. The third-order valence-electron chi connectivity index (χ3n) is 6.48. The zero-order valence-corrected chi connectivity index (χ0v) is 19.6. The highest BCUT2D eigenvalue weighted by Gasteiger charge is 2.57. The van der Waals surface area contributed by atoms with Gasteiger partial charge in [-0.05, 0) is 42.7 Å². The number of amides is 1. The van der Waals surface area contributed by atoms with Crippen molar-refractivity contribution in [1.82, 2.24) is 0 Å². The van der Waals surface area contributed by atoms with E-state index in [1.165, 1.54) is 50.3 Å². The average molecular weight is 504 g/mol. The standard InChI is InChI=1S/C23H22Cl2F3NO4/c1-12-6-16(23(26,27)28)19-18(7-12)29(11-13-9-21(10-13,32-2)33-3)20(30)22(19,31)15-5-4-14(24)8-17(15)25/h4-8,13,31H,9-11H2,1-3H3. The zero-order valence-electron chi connectivity index (χ0n) is 18.1. The Kier molecular flexibility index (Phi) is 5.98. The summed E-state index contributed by atoms with van der Waals surface area (Å²) in [5.41, 5.74) is -4.08. The first-order valence-corrected chi connectivity index (χ1v) is 10.9. The van der Waals surface area contributed by atoms with Gasteiger partial charge in [0.25, 0.3) is 5.91 Å². The fourth-order valence-electron chi connectivity index (χ4n) is 4.83. The SMILES string of the molecule is COC1(OC)CC(CN2C(=O)C(O)(c3ccc(Cl)cc3Cl)c3c2cc(C)cc3C(F)(F)F)C1. The number of carbonyl (C=O) groups excluding carboxylic acids is 1. The minimum Gasteiger partial charge on any atom is -0.372 e. The Hall–Kier alpha value is -1.84. The van der Waals surface area contributed by atoms with Gasteiger partial charge < -0.3 is 19.5 Å². The predicted octanol–water partition coefficient (Wildman–Crippen LogP) is 5.30. The fraction of sp³-hybridized carbons (Fsp3) is 0.435. The molecule has 0 saturated heterocycles. The maximum atomic E-state index is 14.1. The Morgan fingerprint density at radius 3 is 2.33 bits per heavy atom. The molecule has 2 aromatic rings. The Bertz CT molecular complexity index is 1110. The normalized spacial score (nSPS) is 22.5. The molecular formula is C23H22Cl2F3NO4. The van der Waals surface area contributed by atoms with Crippen LogP contribution in [-0.2, 0) is 26.0 Å². The molecule has 4 rings (SSSR count). The van der Waals surface area contributed by atoms with Crippen molar-refractivity contribution in [2.24, 2.45) is 5.92 Å².